The minimum atomic E-state index is -0.987. The van der Waals surface area contributed by atoms with Crippen LogP contribution in [0.15, 0.2) is 12.1 Å². The van der Waals surface area contributed by atoms with E-state index in [1.54, 1.807) is 53.7 Å². The molecular weight excluding hydrogens is 486 g/mol. The summed E-state index contributed by atoms with van der Waals surface area (Å²) >= 11 is 6.34. The Morgan fingerprint density at radius 1 is 1.25 bits per heavy atom. The van der Waals surface area contributed by atoms with E-state index < -0.39 is 47.1 Å². The lowest BCUT2D eigenvalue weighted by molar-refractivity contribution is -0.142. The molecule has 1 aromatic carbocycles. The second kappa shape index (κ2) is 11.4. The second-order valence-electron chi connectivity index (χ2n) is 10.8. The number of ether oxygens (including phenoxy) is 2. The molecule has 0 radical (unpaired) electrons. The van der Waals surface area contributed by atoms with E-state index in [2.05, 4.69) is 16.6 Å². The number of terminal acetylenes is 1. The molecule has 10 heteroatoms. The highest BCUT2D eigenvalue weighted by Gasteiger charge is 2.44. The molecule has 36 heavy (non-hydrogen) atoms. The van der Waals surface area contributed by atoms with Gasteiger partial charge in [0, 0.05) is 30.6 Å². The van der Waals surface area contributed by atoms with Crippen LogP contribution in [0, 0.1) is 17.8 Å². The van der Waals surface area contributed by atoms with Crippen molar-refractivity contribution >= 4 is 29.5 Å². The molecule has 0 saturated carbocycles. The molecule has 1 heterocycles. The number of amides is 3. The van der Waals surface area contributed by atoms with Crippen LogP contribution < -0.4 is 15.4 Å². The van der Waals surface area contributed by atoms with Crippen molar-refractivity contribution in [1.82, 2.24) is 15.5 Å². The number of benzene rings is 1. The third-order valence-electron chi connectivity index (χ3n) is 5.62. The zero-order chi connectivity index (χ0) is 27.4. The Bertz CT molecular complexity index is 1040. The summed E-state index contributed by atoms with van der Waals surface area (Å²) in [6, 6.07) is 1.31. The summed E-state index contributed by atoms with van der Waals surface area (Å²) in [5, 5.41) is 16.1. The Morgan fingerprint density at radius 2 is 1.89 bits per heavy atom. The maximum atomic E-state index is 13.6. The Hall–Kier alpha value is -2.96. The Kier molecular flexibility index (Phi) is 9.27. The first-order valence-electron chi connectivity index (χ1n) is 11.7. The zero-order valence-electron chi connectivity index (χ0n) is 21.9. The fraction of sp³-hybridized carbons (Fsp3) is 0.577. The number of aliphatic hydroxyl groups is 1. The highest BCUT2D eigenvalue weighted by atomic mass is 35.5. The largest absolute Gasteiger partial charge is 0.496 e. The SMILES string of the molecule is C#Cc1cc(Cl)c(CNC(=O)[C@@H]2C[C@@H](O)CN2C(=O)[C@@H](NC(=O)OC(C)(C)C)C(C)(C)C)c(OC)c1. The fourth-order valence-electron chi connectivity index (χ4n) is 3.89. The first-order chi connectivity index (χ1) is 16.6. The predicted molar refractivity (Wildman–Crippen MR) is 137 cm³/mol. The number of methoxy groups -OCH3 is 1. The van der Waals surface area contributed by atoms with Gasteiger partial charge in [-0.25, -0.2) is 4.79 Å². The average Bonchev–Trinajstić information content (AvgIpc) is 3.15. The number of nitrogens with zero attached hydrogens (tertiary/aromatic N) is 1. The van der Waals surface area contributed by atoms with Gasteiger partial charge in [-0.3, -0.25) is 9.59 Å². The first kappa shape index (κ1) is 29.3. The summed E-state index contributed by atoms with van der Waals surface area (Å²) in [6.07, 6.45) is 3.87. The van der Waals surface area contributed by atoms with Crippen molar-refractivity contribution in [1.29, 1.82) is 0 Å². The van der Waals surface area contributed by atoms with Crippen LogP contribution in [0.1, 0.15) is 59.1 Å². The maximum absolute atomic E-state index is 13.6. The fourth-order valence-corrected chi connectivity index (χ4v) is 4.16. The number of alkyl carbamates (subject to hydrolysis) is 1. The molecule has 1 saturated heterocycles. The van der Waals surface area contributed by atoms with E-state index in [0.29, 0.717) is 21.9 Å². The Morgan fingerprint density at radius 3 is 2.42 bits per heavy atom. The summed E-state index contributed by atoms with van der Waals surface area (Å²) in [5.41, 5.74) is -0.374. The van der Waals surface area contributed by atoms with Gasteiger partial charge in [0.15, 0.2) is 0 Å². The standard InChI is InChI=1S/C26H36ClN3O6/c1-9-15-10-18(27)17(20(11-15)35-8)13-28-22(32)19-12-16(31)14-30(19)23(33)21(25(2,3)4)29-24(34)36-26(5,6)7/h1,10-11,16,19,21,31H,12-14H2,2-8H3,(H,28,32)(H,29,34)/t16-,19+,21-/m1/s1. The topological polar surface area (TPSA) is 117 Å². The number of β-amino-alcohol motifs (C(OH)–C–C–N with tert-alkyl or cyclic N) is 1. The second-order valence-corrected chi connectivity index (χ2v) is 11.2. The van der Waals surface area contributed by atoms with Crippen LogP contribution in [0.25, 0.3) is 0 Å². The predicted octanol–water partition coefficient (Wildman–Crippen LogP) is 2.85. The van der Waals surface area contributed by atoms with Crippen molar-refractivity contribution in [2.45, 2.75) is 78.3 Å². The molecule has 0 spiro atoms. The summed E-state index contributed by atoms with van der Waals surface area (Å²) < 4.78 is 10.7. The van der Waals surface area contributed by atoms with E-state index in [1.807, 2.05) is 0 Å². The third-order valence-corrected chi connectivity index (χ3v) is 5.96. The van der Waals surface area contributed by atoms with E-state index >= 15 is 0 Å². The lowest BCUT2D eigenvalue weighted by Crippen LogP contribution is -2.58. The van der Waals surface area contributed by atoms with Gasteiger partial charge in [-0.2, -0.15) is 0 Å². The van der Waals surface area contributed by atoms with Gasteiger partial charge in [-0.15, -0.1) is 6.42 Å². The van der Waals surface area contributed by atoms with Gasteiger partial charge >= 0.3 is 6.09 Å². The maximum Gasteiger partial charge on any atom is 0.408 e. The molecule has 0 aromatic heterocycles. The van der Waals surface area contributed by atoms with Crippen molar-refractivity contribution in [2.24, 2.45) is 5.41 Å². The van der Waals surface area contributed by atoms with Crippen LogP contribution >= 0.6 is 11.6 Å². The highest BCUT2D eigenvalue weighted by Crippen LogP contribution is 2.29. The van der Waals surface area contributed by atoms with E-state index in [1.165, 1.54) is 12.0 Å². The van der Waals surface area contributed by atoms with Crippen molar-refractivity contribution in [3.8, 4) is 18.1 Å². The summed E-state index contributed by atoms with van der Waals surface area (Å²) in [4.78, 5) is 40.5. The lowest BCUT2D eigenvalue weighted by atomic mass is 9.85. The molecule has 1 aliphatic rings. The minimum absolute atomic E-state index is 0.0270. The number of carbonyl (C=O) groups excluding carboxylic acids is 3. The van der Waals surface area contributed by atoms with E-state index in [-0.39, 0.29) is 19.5 Å². The van der Waals surface area contributed by atoms with Gasteiger partial charge in [0.05, 0.1) is 18.2 Å². The highest BCUT2D eigenvalue weighted by molar-refractivity contribution is 6.31. The van der Waals surface area contributed by atoms with Gasteiger partial charge in [-0.1, -0.05) is 38.3 Å². The van der Waals surface area contributed by atoms with Gasteiger partial charge in [0.25, 0.3) is 0 Å². The lowest BCUT2D eigenvalue weighted by Gasteiger charge is -2.35. The normalized spacial score (nSPS) is 18.7. The number of hydrogen-bond donors (Lipinski definition) is 3. The molecule has 1 aliphatic heterocycles. The number of halogens is 1. The summed E-state index contributed by atoms with van der Waals surface area (Å²) in [6.45, 7) is 10.5. The van der Waals surface area contributed by atoms with Gasteiger partial charge < -0.3 is 30.1 Å². The summed E-state index contributed by atoms with van der Waals surface area (Å²) in [7, 11) is 1.47. The minimum Gasteiger partial charge on any atom is -0.496 e. The summed E-state index contributed by atoms with van der Waals surface area (Å²) in [5.74, 6) is 1.95. The van der Waals surface area contributed by atoms with E-state index in [0.717, 1.165) is 0 Å². The molecule has 0 bridgehead atoms. The zero-order valence-corrected chi connectivity index (χ0v) is 22.7. The van der Waals surface area contributed by atoms with Crippen LogP contribution in [0.5, 0.6) is 5.75 Å². The van der Waals surface area contributed by atoms with Crippen LogP contribution in [0.2, 0.25) is 5.02 Å². The average molecular weight is 522 g/mol. The molecule has 1 fully saturated rings. The molecule has 2 rings (SSSR count). The number of rotatable bonds is 6. The molecule has 9 nitrogen and oxygen atoms in total. The van der Waals surface area contributed by atoms with Crippen molar-refractivity contribution < 1.29 is 29.0 Å². The molecule has 3 amide bonds. The molecule has 3 atom stereocenters. The number of hydrogen-bond acceptors (Lipinski definition) is 6. The van der Waals surface area contributed by atoms with Gasteiger partial charge in [-0.05, 0) is 38.3 Å². The van der Waals surface area contributed by atoms with Crippen LogP contribution in [0.3, 0.4) is 0 Å². The number of aliphatic hydroxyl groups excluding tert-OH is 1. The van der Waals surface area contributed by atoms with Crippen molar-refractivity contribution in [3.05, 3.63) is 28.3 Å². The molecule has 0 aliphatic carbocycles. The molecular formula is C26H36ClN3O6. The van der Waals surface area contributed by atoms with Crippen LogP contribution in [-0.4, -0.2) is 65.4 Å². The van der Waals surface area contributed by atoms with Crippen LogP contribution in [-0.2, 0) is 20.9 Å². The third kappa shape index (κ3) is 7.52. The van der Waals surface area contributed by atoms with E-state index in [4.69, 9.17) is 27.5 Å². The number of nitrogens with one attached hydrogen (secondary N) is 2. The number of carbonyl (C=O) groups is 3. The number of likely N-dealkylation sites (tertiary alicyclic amines) is 1. The quantitative estimate of drug-likeness (QED) is 0.496. The molecule has 198 valence electrons. The Balaban J connectivity index is 2.22. The van der Waals surface area contributed by atoms with Gasteiger partial charge in [0.1, 0.15) is 23.4 Å². The molecule has 0 unspecified atom stereocenters. The van der Waals surface area contributed by atoms with E-state index in [9.17, 15) is 19.5 Å². The molecule has 3 N–H and O–H groups in total. The Labute approximate surface area is 217 Å². The van der Waals surface area contributed by atoms with Crippen LogP contribution in [0.4, 0.5) is 4.79 Å². The monoisotopic (exact) mass is 521 g/mol. The van der Waals surface area contributed by atoms with Crippen molar-refractivity contribution in [2.75, 3.05) is 13.7 Å². The first-order valence-corrected chi connectivity index (χ1v) is 12.0. The smallest absolute Gasteiger partial charge is 0.408 e. The molecule has 1 aromatic rings. The van der Waals surface area contributed by atoms with Gasteiger partial charge in [0.2, 0.25) is 11.8 Å². The van der Waals surface area contributed by atoms with Crippen molar-refractivity contribution in [3.63, 3.8) is 0 Å².